The van der Waals surface area contributed by atoms with Crippen LogP contribution in [0.3, 0.4) is 0 Å². The fourth-order valence-corrected chi connectivity index (χ4v) is 1.52. The summed E-state index contributed by atoms with van der Waals surface area (Å²) in [4.78, 5) is 16.1. The van der Waals surface area contributed by atoms with E-state index in [0.717, 1.165) is 31.9 Å². The third kappa shape index (κ3) is 10.6. The van der Waals surface area contributed by atoms with Gasteiger partial charge in [-0.3, -0.25) is 9.79 Å². The van der Waals surface area contributed by atoms with E-state index in [1.54, 1.807) is 0 Å². The molecule has 0 heterocycles. The molecule has 0 aromatic carbocycles. The number of rotatable bonds is 9. The summed E-state index contributed by atoms with van der Waals surface area (Å²) in [7, 11) is 0. The van der Waals surface area contributed by atoms with E-state index in [-0.39, 0.29) is 11.9 Å². The molecule has 0 rings (SSSR count). The van der Waals surface area contributed by atoms with Gasteiger partial charge in [-0.15, -0.1) is 0 Å². The molecule has 0 aromatic rings. The van der Waals surface area contributed by atoms with Crippen LogP contribution in [0, 0.1) is 5.92 Å². The minimum atomic E-state index is 0.0879. The largest absolute Gasteiger partial charge is 0.357 e. The topological polar surface area (TPSA) is 65.5 Å². The van der Waals surface area contributed by atoms with Gasteiger partial charge in [-0.25, -0.2) is 0 Å². The molecule has 0 aliphatic heterocycles. The minimum Gasteiger partial charge on any atom is -0.357 e. The van der Waals surface area contributed by atoms with Gasteiger partial charge in [-0.05, 0) is 32.6 Å². The Labute approximate surface area is 124 Å². The molecular formula is C15H32N4O. The number of amides is 1. The first-order chi connectivity index (χ1) is 9.49. The van der Waals surface area contributed by atoms with Crippen molar-refractivity contribution in [2.45, 2.75) is 59.9 Å². The lowest BCUT2D eigenvalue weighted by Crippen LogP contribution is -2.40. The molecule has 5 heteroatoms. The van der Waals surface area contributed by atoms with Gasteiger partial charge in [0.1, 0.15) is 0 Å². The number of nitrogens with one attached hydrogen (secondary N) is 3. The molecule has 0 radical (unpaired) electrons. The summed E-state index contributed by atoms with van der Waals surface area (Å²) in [5, 5.41) is 9.34. The number of aliphatic imine (C=N–C) groups is 1. The fraction of sp³-hybridized carbons (Fsp3) is 0.867. The van der Waals surface area contributed by atoms with Gasteiger partial charge in [-0.1, -0.05) is 20.8 Å². The summed E-state index contributed by atoms with van der Waals surface area (Å²) >= 11 is 0. The van der Waals surface area contributed by atoms with Crippen molar-refractivity contribution in [1.82, 2.24) is 16.0 Å². The van der Waals surface area contributed by atoms with E-state index in [1.807, 2.05) is 13.8 Å². The van der Waals surface area contributed by atoms with Crippen molar-refractivity contribution < 1.29 is 4.79 Å². The van der Waals surface area contributed by atoms with Gasteiger partial charge in [0.2, 0.25) is 5.91 Å². The van der Waals surface area contributed by atoms with Gasteiger partial charge in [0.05, 0.1) is 0 Å². The molecule has 5 nitrogen and oxygen atoms in total. The van der Waals surface area contributed by atoms with E-state index in [9.17, 15) is 4.79 Å². The number of carbonyl (C=O) groups excluding carboxylic acids is 1. The molecule has 0 aliphatic rings. The molecule has 0 bridgehead atoms. The Morgan fingerprint density at radius 1 is 1.15 bits per heavy atom. The molecule has 0 saturated carbocycles. The van der Waals surface area contributed by atoms with Crippen molar-refractivity contribution in [3.05, 3.63) is 0 Å². The van der Waals surface area contributed by atoms with Crippen LogP contribution in [-0.4, -0.2) is 37.5 Å². The standard InChI is InChI=1S/C15H32N4O/c1-6-13(5)19-14(20)9-11-18-15(16-7-2)17-10-8-12(3)4/h12-13H,6-11H2,1-5H3,(H,19,20)(H2,16,17,18). The first kappa shape index (κ1) is 18.7. The van der Waals surface area contributed by atoms with Crippen LogP contribution >= 0.6 is 0 Å². The van der Waals surface area contributed by atoms with Crippen LogP contribution < -0.4 is 16.0 Å². The van der Waals surface area contributed by atoms with Crippen molar-refractivity contribution in [3.8, 4) is 0 Å². The third-order valence-electron chi connectivity index (χ3n) is 2.98. The molecule has 3 N–H and O–H groups in total. The second-order valence-corrected chi connectivity index (χ2v) is 5.50. The van der Waals surface area contributed by atoms with E-state index in [2.05, 4.69) is 41.7 Å². The maximum absolute atomic E-state index is 11.6. The lowest BCUT2D eigenvalue weighted by atomic mass is 10.1. The highest BCUT2D eigenvalue weighted by Gasteiger charge is 2.05. The molecular weight excluding hydrogens is 252 g/mol. The summed E-state index contributed by atoms with van der Waals surface area (Å²) in [5.41, 5.74) is 0. The van der Waals surface area contributed by atoms with Crippen LogP contribution in [0.25, 0.3) is 0 Å². The Kier molecular flexibility index (Phi) is 10.8. The van der Waals surface area contributed by atoms with Gasteiger partial charge in [0.15, 0.2) is 5.96 Å². The molecule has 0 saturated heterocycles. The molecule has 0 aliphatic carbocycles. The first-order valence-corrected chi connectivity index (χ1v) is 7.81. The van der Waals surface area contributed by atoms with Crippen LogP contribution in [0.1, 0.15) is 53.9 Å². The fourth-order valence-electron chi connectivity index (χ4n) is 1.52. The van der Waals surface area contributed by atoms with Crippen LogP contribution in [0.4, 0.5) is 0 Å². The number of nitrogens with zero attached hydrogens (tertiary/aromatic N) is 1. The molecule has 1 atom stereocenters. The normalized spacial score (nSPS) is 13.2. The molecule has 1 unspecified atom stereocenters. The molecule has 0 spiro atoms. The molecule has 0 fully saturated rings. The van der Waals surface area contributed by atoms with Crippen molar-refractivity contribution in [3.63, 3.8) is 0 Å². The van der Waals surface area contributed by atoms with Crippen LogP contribution in [0.5, 0.6) is 0 Å². The van der Waals surface area contributed by atoms with E-state index in [1.165, 1.54) is 0 Å². The number of hydrogen-bond acceptors (Lipinski definition) is 2. The number of hydrogen-bond donors (Lipinski definition) is 3. The lowest BCUT2D eigenvalue weighted by Gasteiger charge is -2.13. The second kappa shape index (κ2) is 11.6. The molecule has 20 heavy (non-hydrogen) atoms. The van der Waals surface area contributed by atoms with Gasteiger partial charge < -0.3 is 16.0 Å². The molecule has 118 valence electrons. The third-order valence-corrected chi connectivity index (χ3v) is 2.98. The van der Waals surface area contributed by atoms with Crippen molar-refractivity contribution >= 4 is 11.9 Å². The Morgan fingerprint density at radius 2 is 1.85 bits per heavy atom. The molecule has 1 amide bonds. The highest BCUT2D eigenvalue weighted by atomic mass is 16.1. The summed E-state index contributed by atoms with van der Waals surface area (Å²) in [6.07, 6.45) is 2.50. The monoisotopic (exact) mass is 284 g/mol. The number of guanidine groups is 1. The quantitative estimate of drug-likeness (QED) is 0.447. The van der Waals surface area contributed by atoms with Crippen LogP contribution in [-0.2, 0) is 4.79 Å². The SMILES string of the molecule is CCNC(=NCCC(C)C)NCCC(=O)NC(C)CC. The summed E-state index contributed by atoms with van der Waals surface area (Å²) in [5.74, 6) is 1.54. The Balaban J connectivity index is 3.98. The zero-order valence-corrected chi connectivity index (χ0v) is 13.8. The van der Waals surface area contributed by atoms with E-state index >= 15 is 0 Å². The molecule has 0 aromatic heterocycles. The van der Waals surface area contributed by atoms with Gasteiger partial charge in [0.25, 0.3) is 0 Å². The van der Waals surface area contributed by atoms with Crippen molar-refractivity contribution in [2.24, 2.45) is 10.9 Å². The second-order valence-electron chi connectivity index (χ2n) is 5.50. The smallest absolute Gasteiger partial charge is 0.221 e. The predicted molar refractivity (Wildman–Crippen MR) is 85.9 cm³/mol. The van der Waals surface area contributed by atoms with Crippen LogP contribution in [0.15, 0.2) is 4.99 Å². The maximum Gasteiger partial charge on any atom is 0.221 e. The van der Waals surface area contributed by atoms with Crippen molar-refractivity contribution in [1.29, 1.82) is 0 Å². The Morgan fingerprint density at radius 3 is 2.40 bits per heavy atom. The van der Waals surface area contributed by atoms with Gasteiger partial charge in [-0.2, -0.15) is 0 Å². The van der Waals surface area contributed by atoms with Crippen LogP contribution in [0.2, 0.25) is 0 Å². The number of carbonyl (C=O) groups is 1. The maximum atomic E-state index is 11.6. The Hall–Kier alpha value is -1.26. The summed E-state index contributed by atoms with van der Waals surface area (Å²) in [6, 6.07) is 0.246. The highest BCUT2D eigenvalue weighted by Crippen LogP contribution is 1.98. The zero-order valence-electron chi connectivity index (χ0n) is 13.8. The lowest BCUT2D eigenvalue weighted by molar-refractivity contribution is -0.121. The Bertz CT molecular complexity index is 290. The average Bonchev–Trinajstić information content (AvgIpc) is 2.38. The van der Waals surface area contributed by atoms with Gasteiger partial charge >= 0.3 is 0 Å². The van der Waals surface area contributed by atoms with E-state index < -0.39 is 0 Å². The summed E-state index contributed by atoms with van der Waals surface area (Å²) in [6.45, 7) is 12.7. The first-order valence-electron chi connectivity index (χ1n) is 7.81. The minimum absolute atomic E-state index is 0.0879. The van der Waals surface area contributed by atoms with Crippen molar-refractivity contribution in [2.75, 3.05) is 19.6 Å². The average molecular weight is 284 g/mol. The predicted octanol–water partition coefficient (Wildman–Crippen LogP) is 1.89. The summed E-state index contributed by atoms with van der Waals surface area (Å²) < 4.78 is 0. The van der Waals surface area contributed by atoms with E-state index in [4.69, 9.17) is 0 Å². The highest BCUT2D eigenvalue weighted by molar-refractivity contribution is 5.81. The van der Waals surface area contributed by atoms with Gasteiger partial charge in [0, 0.05) is 32.1 Å². The zero-order chi connectivity index (χ0) is 15.4. The van der Waals surface area contributed by atoms with E-state index in [0.29, 0.717) is 18.9 Å².